The number of carbonyl (C=O) groups is 1. The smallest absolute Gasteiger partial charge is 0.254 e. The summed E-state index contributed by atoms with van der Waals surface area (Å²) in [6.45, 7) is 3.20. The normalized spacial score (nSPS) is 14.4. The van der Waals surface area contributed by atoms with Crippen molar-refractivity contribution in [3.05, 3.63) is 71.0 Å². The van der Waals surface area contributed by atoms with Gasteiger partial charge in [0.1, 0.15) is 5.82 Å². The van der Waals surface area contributed by atoms with Crippen molar-refractivity contribution in [3.63, 3.8) is 0 Å². The average Bonchev–Trinajstić information content (AvgIpc) is 2.55. The highest BCUT2D eigenvalue weighted by atomic mass is 19.1. The van der Waals surface area contributed by atoms with Crippen molar-refractivity contribution in [2.24, 2.45) is 0 Å². The van der Waals surface area contributed by atoms with E-state index in [0.717, 1.165) is 26.1 Å². The first-order valence-electron chi connectivity index (χ1n) is 7.56. The van der Waals surface area contributed by atoms with Crippen molar-refractivity contribution in [3.8, 4) is 0 Å². The molecule has 1 heterocycles. The van der Waals surface area contributed by atoms with Gasteiger partial charge in [-0.1, -0.05) is 36.4 Å². The summed E-state index contributed by atoms with van der Waals surface area (Å²) in [5.74, 6) is -0.831. The van der Waals surface area contributed by atoms with E-state index < -0.39 is 5.82 Å². The summed E-state index contributed by atoms with van der Waals surface area (Å²) in [4.78, 5) is 14.2. The number of amides is 1. The molecule has 0 radical (unpaired) electrons. The summed E-state index contributed by atoms with van der Waals surface area (Å²) in [5.41, 5.74) is 2.87. The van der Waals surface area contributed by atoms with Gasteiger partial charge in [0.2, 0.25) is 0 Å². The minimum Gasteiger partial charge on any atom is -0.351 e. The monoisotopic (exact) mass is 298 g/mol. The molecule has 114 valence electrons. The van der Waals surface area contributed by atoms with Gasteiger partial charge in [-0.15, -0.1) is 0 Å². The third-order valence-corrected chi connectivity index (χ3v) is 4.04. The van der Waals surface area contributed by atoms with Gasteiger partial charge in [0, 0.05) is 26.2 Å². The van der Waals surface area contributed by atoms with E-state index in [-0.39, 0.29) is 11.5 Å². The van der Waals surface area contributed by atoms with Gasteiger partial charge in [-0.25, -0.2) is 4.39 Å². The Bertz CT molecular complexity index is 672. The summed E-state index contributed by atoms with van der Waals surface area (Å²) < 4.78 is 13.5. The Balaban J connectivity index is 1.50. The van der Waals surface area contributed by atoms with Crippen LogP contribution in [0.5, 0.6) is 0 Å². The zero-order valence-electron chi connectivity index (χ0n) is 12.4. The highest BCUT2D eigenvalue weighted by molar-refractivity contribution is 5.94. The first-order chi connectivity index (χ1) is 10.7. The molecule has 0 atom stereocenters. The third kappa shape index (κ3) is 3.34. The summed E-state index contributed by atoms with van der Waals surface area (Å²) >= 11 is 0. The Labute approximate surface area is 129 Å². The molecular formula is C18H19FN2O. The molecule has 3 rings (SSSR count). The molecule has 0 fully saturated rings. The number of fused-ring (bicyclic) bond motifs is 1. The highest BCUT2D eigenvalue weighted by Crippen LogP contribution is 2.17. The van der Waals surface area contributed by atoms with Gasteiger partial charge in [-0.05, 0) is 29.7 Å². The maximum Gasteiger partial charge on any atom is 0.254 e. The Morgan fingerprint density at radius 2 is 1.82 bits per heavy atom. The molecule has 1 amide bonds. The Kier molecular flexibility index (Phi) is 4.49. The van der Waals surface area contributed by atoms with Crippen molar-refractivity contribution >= 4 is 5.91 Å². The van der Waals surface area contributed by atoms with Crippen LogP contribution in [0.25, 0.3) is 0 Å². The number of hydrogen-bond donors (Lipinski definition) is 1. The molecule has 1 N–H and O–H groups in total. The maximum atomic E-state index is 13.5. The fourth-order valence-electron chi connectivity index (χ4n) is 2.81. The van der Waals surface area contributed by atoms with E-state index in [0.29, 0.717) is 6.54 Å². The van der Waals surface area contributed by atoms with E-state index in [2.05, 4.69) is 34.5 Å². The SMILES string of the molecule is O=C(NCCN1CCc2ccccc2C1)c1ccccc1F. The number of benzene rings is 2. The minimum absolute atomic E-state index is 0.103. The molecule has 0 saturated carbocycles. The van der Waals surface area contributed by atoms with Gasteiger partial charge >= 0.3 is 0 Å². The molecule has 1 aliphatic heterocycles. The molecule has 2 aromatic carbocycles. The van der Waals surface area contributed by atoms with E-state index in [4.69, 9.17) is 0 Å². The Morgan fingerprint density at radius 3 is 2.64 bits per heavy atom. The lowest BCUT2D eigenvalue weighted by Gasteiger charge is -2.28. The Hall–Kier alpha value is -2.20. The lowest BCUT2D eigenvalue weighted by molar-refractivity contribution is 0.0943. The predicted molar refractivity (Wildman–Crippen MR) is 84.2 cm³/mol. The van der Waals surface area contributed by atoms with E-state index >= 15 is 0 Å². The van der Waals surface area contributed by atoms with Gasteiger partial charge in [0.05, 0.1) is 5.56 Å². The number of halogens is 1. The molecule has 0 aromatic heterocycles. The second-order valence-electron chi connectivity index (χ2n) is 5.53. The number of rotatable bonds is 4. The molecule has 0 bridgehead atoms. The summed E-state index contributed by atoms with van der Waals surface area (Å²) in [6, 6.07) is 14.5. The number of carbonyl (C=O) groups excluding carboxylic acids is 1. The molecule has 2 aromatic rings. The van der Waals surface area contributed by atoms with Crippen molar-refractivity contribution in [1.29, 1.82) is 0 Å². The van der Waals surface area contributed by atoms with Crippen LogP contribution in [-0.2, 0) is 13.0 Å². The first-order valence-corrected chi connectivity index (χ1v) is 7.56. The molecule has 0 unspecified atom stereocenters. The van der Waals surface area contributed by atoms with Crippen LogP contribution in [0.2, 0.25) is 0 Å². The Morgan fingerprint density at radius 1 is 1.09 bits per heavy atom. The zero-order chi connectivity index (χ0) is 15.4. The molecule has 1 aliphatic rings. The standard InChI is InChI=1S/C18H19FN2O/c19-17-8-4-3-7-16(17)18(22)20-10-12-21-11-9-14-5-1-2-6-15(14)13-21/h1-8H,9-13H2,(H,20,22). The van der Waals surface area contributed by atoms with Crippen LogP contribution in [0.3, 0.4) is 0 Å². The summed E-state index contributed by atoms with van der Waals surface area (Å²) in [6.07, 6.45) is 1.04. The van der Waals surface area contributed by atoms with E-state index in [1.165, 1.54) is 23.3 Å². The first kappa shape index (κ1) is 14.7. The zero-order valence-corrected chi connectivity index (χ0v) is 12.4. The van der Waals surface area contributed by atoms with Crippen LogP contribution in [0.15, 0.2) is 48.5 Å². The maximum absolute atomic E-state index is 13.5. The van der Waals surface area contributed by atoms with E-state index in [1.807, 2.05) is 0 Å². The molecule has 22 heavy (non-hydrogen) atoms. The number of nitrogens with one attached hydrogen (secondary N) is 1. The number of hydrogen-bond acceptors (Lipinski definition) is 2. The van der Waals surface area contributed by atoms with Gasteiger partial charge in [-0.2, -0.15) is 0 Å². The molecule has 0 spiro atoms. The van der Waals surface area contributed by atoms with Crippen LogP contribution < -0.4 is 5.32 Å². The van der Waals surface area contributed by atoms with Crippen molar-refractivity contribution in [1.82, 2.24) is 10.2 Å². The van der Waals surface area contributed by atoms with Crippen LogP contribution in [-0.4, -0.2) is 30.4 Å². The van der Waals surface area contributed by atoms with Crippen LogP contribution in [0, 0.1) is 5.82 Å². The van der Waals surface area contributed by atoms with Crippen molar-refractivity contribution < 1.29 is 9.18 Å². The summed E-state index contributed by atoms with van der Waals surface area (Å²) in [7, 11) is 0. The minimum atomic E-state index is -0.480. The fourth-order valence-corrected chi connectivity index (χ4v) is 2.81. The second-order valence-corrected chi connectivity index (χ2v) is 5.53. The van der Waals surface area contributed by atoms with Crippen molar-refractivity contribution in [2.45, 2.75) is 13.0 Å². The highest BCUT2D eigenvalue weighted by Gasteiger charge is 2.16. The largest absolute Gasteiger partial charge is 0.351 e. The fraction of sp³-hybridized carbons (Fsp3) is 0.278. The average molecular weight is 298 g/mol. The molecule has 0 aliphatic carbocycles. The number of nitrogens with zero attached hydrogens (tertiary/aromatic N) is 1. The lowest BCUT2D eigenvalue weighted by atomic mass is 10.00. The second kappa shape index (κ2) is 6.71. The molecule has 3 nitrogen and oxygen atoms in total. The van der Waals surface area contributed by atoms with E-state index in [9.17, 15) is 9.18 Å². The predicted octanol–water partition coefficient (Wildman–Crippen LogP) is 2.61. The lowest BCUT2D eigenvalue weighted by Crippen LogP contribution is -2.38. The quantitative estimate of drug-likeness (QED) is 0.941. The van der Waals surface area contributed by atoms with Crippen LogP contribution in [0.1, 0.15) is 21.5 Å². The van der Waals surface area contributed by atoms with Crippen LogP contribution in [0.4, 0.5) is 4.39 Å². The molecular weight excluding hydrogens is 279 g/mol. The van der Waals surface area contributed by atoms with Gasteiger partial charge < -0.3 is 5.32 Å². The third-order valence-electron chi connectivity index (χ3n) is 4.04. The van der Waals surface area contributed by atoms with Gasteiger partial charge in [-0.3, -0.25) is 9.69 Å². The van der Waals surface area contributed by atoms with Gasteiger partial charge in [0.25, 0.3) is 5.91 Å². The van der Waals surface area contributed by atoms with Crippen LogP contribution >= 0.6 is 0 Å². The summed E-state index contributed by atoms with van der Waals surface area (Å²) in [5, 5.41) is 2.79. The van der Waals surface area contributed by atoms with Crippen molar-refractivity contribution in [2.75, 3.05) is 19.6 Å². The molecule has 4 heteroatoms. The van der Waals surface area contributed by atoms with E-state index in [1.54, 1.807) is 12.1 Å². The molecule has 0 saturated heterocycles. The topological polar surface area (TPSA) is 32.3 Å². The van der Waals surface area contributed by atoms with Gasteiger partial charge in [0.15, 0.2) is 0 Å².